The standard InChI is InChI=1S/C20H19N3O4S/c1-15(24)22-11-9-16-13-18(7-8-19(16)22)28(25,26)23(14-17-5-4-12-27-17)20-6-2-3-10-21-20/h2-8,10,12-13H,9,11,14H2,1H3. The maximum absolute atomic E-state index is 13.4. The summed E-state index contributed by atoms with van der Waals surface area (Å²) in [6.45, 7) is 2.10. The van der Waals surface area contributed by atoms with E-state index in [0.29, 0.717) is 24.5 Å². The molecule has 4 rings (SSSR count). The molecule has 0 spiro atoms. The summed E-state index contributed by atoms with van der Waals surface area (Å²) in [5, 5.41) is 0. The fraction of sp³-hybridized carbons (Fsp3) is 0.200. The van der Waals surface area contributed by atoms with Gasteiger partial charge < -0.3 is 9.32 Å². The van der Waals surface area contributed by atoms with Crippen molar-refractivity contribution in [2.24, 2.45) is 0 Å². The van der Waals surface area contributed by atoms with Gasteiger partial charge in [0.05, 0.1) is 17.7 Å². The summed E-state index contributed by atoms with van der Waals surface area (Å²) >= 11 is 0. The summed E-state index contributed by atoms with van der Waals surface area (Å²) in [4.78, 5) is 17.8. The zero-order chi connectivity index (χ0) is 19.7. The van der Waals surface area contributed by atoms with E-state index in [0.717, 1.165) is 11.3 Å². The monoisotopic (exact) mass is 397 g/mol. The van der Waals surface area contributed by atoms with E-state index in [1.165, 1.54) is 23.6 Å². The van der Waals surface area contributed by atoms with Gasteiger partial charge in [-0.3, -0.25) is 4.79 Å². The summed E-state index contributed by atoms with van der Waals surface area (Å²) in [5.74, 6) is 0.769. The first kappa shape index (κ1) is 18.2. The van der Waals surface area contributed by atoms with E-state index < -0.39 is 10.0 Å². The predicted octanol–water partition coefficient (Wildman–Crippen LogP) is 2.98. The number of benzene rings is 1. The molecule has 1 amide bonds. The third-order valence-corrected chi connectivity index (χ3v) is 6.45. The quantitative estimate of drug-likeness (QED) is 0.661. The second-order valence-corrected chi connectivity index (χ2v) is 8.35. The molecular formula is C20H19N3O4S. The van der Waals surface area contributed by atoms with Crippen LogP contribution in [0, 0.1) is 0 Å². The SMILES string of the molecule is CC(=O)N1CCc2cc(S(=O)(=O)N(Cc3ccco3)c3ccccn3)ccc21. The Morgan fingerprint density at radius 1 is 1.21 bits per heavy atom. The number of furan rings is 1. The van der Waals surface area contributed by atoms with Gasteiger partial charge in [0.25, 0.3) is 10.0 Å². The van der Waals surface area contributed by atoms with E-state index in [1.54, 1.807) is 53.6 Å². The van der Waals surface area contributed by atoms with E-state index in [4.69, 9.17) is 4.42 Å². The van der Waals surface area contributed by atoms with Crippen molar-refractivity contribution in [3.05, 3.63) is 72.3 Å². The van der Waals surface area contributed by atoms with Gasteiger partial charge in [0, 0.05) is 25.4 Å². The lowest BCUT2D eigenvalue weighted by Gasteiger charge is -2.23. The number of hydrogen-bond donors (Lipinski definition) is 0. The second kappa shape index (κ2) is 7.12. The molecule has 0 atom stereocenters. The molecule has 0 unspecified atom stereocenters. The Hall–Kier alpha value is -3.13. The van der Waals surface area contributed by atoms with Gasteiger partial charge in [0.1, 0.15) is 11.6 Å². The Labute approximate surface area is 163 Å². The van der Waals surface area contributed by atoms with Gasteiger partial charge in [-0.25, -0.2) is 17.7 Å². The maximum Gasteiger partial charge on any atom is 0.265 e. The number of rotatable bonds is 5. The highest BCUT2D eigenvalue weighted by Crippen LogP contribution is 2.32. The van der Waals surface area contributed by atoms with Crippen LogP contribution < -0.4 is 9.21 Å². The van der Waals surface area contributed by atoms with Crippen LogP contribution in [-0.2, 0) is 27.8 Å². The van der Waals surface area contributed by atoms with Crippen molar-refractivity contribution < 1.29 is 17.6 Å². The Balaban J connectivity index is 1.75. The third kappa shape index (κ3) is 3.27. The number of hydrogen-bond acceptors (Lipinski definition) is 5. The predicted molar refractivity (Wildman–Crippen MR) is 104 cm³/mol. The van der Waals surface area contributed by atoms with Crippen molar-refractivity contribution in [1.29, 1.82) is 0 Å². The Morgan fingerprint density at radius 3 is 2.75 bits per heavy atom. The molecule has 0 aliphatic carbocycles. The number of nitrogens with zero attached hydrogens (tertiary/aromatic N) is 3. The largest absolute Gasteiger partial charge is 0.467 e. The molecule has 8 heteroatoms. The minimum Gasteiger partial charge on any atom is -0.467 e. The molecule has 28 heavy (non-hydrogen) atoms. The van der Waals surface area contributed by atoms with Crippen molar-refractivity contribution in [3.63, 3.8) is 0 Å². The number of amides is 1. The molecule has 2 aromatic heterocycles. The first-order valence-electron chi connectivity index (χ1n) is 8.84. The van der Waals surface area contributed by atoms with Crippen molar-refractivity contribution in [2.75, 3.05) is 15.7 Å². The van der Waals surface area contributed by atoms with Gasteiger partial charge in [0.15, 0.2) is 0 Å². The minimum absolute atomic E-state index is 0.0308. The average Bonchev–Trinajstić information content (AvgIpc) is 3.35. The van der Waals surface area contributed by atoms with Crippen LogP contribution in [0.25, 0.3) is 0 Å². The first-order valence-corrected chi connectivity index (χ1v) is 10.3. The fourth-order valence-electron chi connectivity index (χ4n) is 3.33. The number of anilines is 2. The number of aromatic nitrogens is 1. The fourth-order valence-corrected chi connectivity index (χ4v) is 4.76. The van der Waals surface area contributed by atoms with Crippen LogP contribution >= 0.6 is 0 Å². The van der Waals surface area contributed by atoms with Crippen molar-refractivity contribution >= 4 is 27.4 Å². The highest BCUT2D eigenvalue weighted by Gasteiger charge is 2.30. The highest BCUT2D eigenvalue weighted by molar-refractivity contribution is 7.92. The van der Waals surface area contributed by atoms with Gasteiger partial charge in [-0.15, -0.1) is 0 Å². The molecule has 0 fully saturated rings. The Kier molecular flexibility index (Phi) is 4.64. The molecule has 1 aliphatic rings. The topological polar surface area (TPSA) is 83.7 Å². The van der Waals surface area contributed by atoms with Gasteiger partial charge in [-0.2, -0.15) is 0 Å². The number of carbonyl (C=O) groups excluding carboxylic acids is 1. The summed E-state index contributed by atoms with van der Waals surface area (Å²) in [5.41, 5.74) is 1.61. The van der Waals surface area contributed by atoms with E-state index in [2.05, 4.69) is 4.98 Å². The Morgan fingerprint density at radius 2 is 2.07 bits per heavy atom. The second-order valence-electron chi connectivity index (χ2n) is 6.49. The van der Waals surface area contributed by atoms with E-state index in [9.17, 15) is 13.2 Å². The number of pyridine rings is 1. The average molecular weight is 397 g/mol. The van der Waals surface area contributed by atoms with Crippen LogP contribution in [0.15, 0.2) is 70.3 Å². The summed E-state index contributed by atoms with van der Waals surface area (Å²) in [6.07, 6.45) is 3.68. The number of sulfonamides is 1. The molecule has 0 bridgehead atoms. The zero-order valence-corrected chi connectivity index (χ0v) is 16.1. The van der Waals surface area contributed by atoms with Crippen LogP contribution in [0.5, 0.6) is 0 Å². The van der Waals surface area contributed by atoms with Crippen molar-refractivity contribution in [2.45, 2.75) is 24.8 Å². The van der Waals surface area contributed by atoms with E-state index >= 15 is 0 Å². The van der Waals surface area contributed by atoms with Crippen LogP contribution in [0.3, 0.4) is 0 Å². The molecule has 0 N–H and O–H groups in total. The summed E-state index contributed by atoms with van der Waals surface area (Å²) in [7, 11) is -3.88. The van der Waals surface area contributed by atoms with Crippen molar-refractivity contribution in [1.82, 2.24) is 4.98 Å². The van der Waals surface area contributed by atoms with Gasteiger partial charge in [0.2, 0.25) is 5.91 Å². The molecule has 0 radical (unpaired) electrons. The van der Waals surface area contributed by atoms with Crippen LogP contribution in [0.4, 0.5) is 11.5 Å². The Bertz CT molecular complexity index is 1100. The van der Waals surface area contributed by atoms with Crippen molar-refractivity contribution in [3.8, 4) is 0 Å². The number of fused-ring (bicyclic) bond motifs is 1. The lowest BCUT2D eigenvalue weighted by Crippen LogP contribution is -2.31. The normalized spacial score (nSPS) is 13.4. The smallest absolute Gasteiger partial charge is 0.265 e. The van der Waals surface area contributed by atoms with Crippen LogP contribution in [0.1, 0.15) is 18.2 Å². The summed E-state index contributed by atoms with van der Waals surface area (Å²) < 4.78 is 33.5. The van der Waals surface area contributed by atoms with Crippen LogP contribution in [0.2, 0.25) is 0 Å². The lowest BCUT2D eigenvalue weighted by molar-refractivity contribution is -0.116. The maximum atomic E-state index is 13.4. The zero-order valence-electron chi connectivity index (χ0n) is 15.3. The molecule has 3 heterocycles. The number of carbonyl (C=O) groups is 1. The molecule has 144 valence electrons. The highest BCUT2D eigenvalue weighted by atomic mass is 32.2. The molecule has 0 saturated heterocycles. The van der Waals surface area contributed by atoms with Gasteiger partial charge >= 0.3 is 0 Å². The molecule has 3 aromatic rings. The minimum atomic E-state index is -3.88. The first-order chi connectivity index (χ1) is 13.5. The van der Waals surface area contributed by atoms with E-state index in [-0.39, 0.29) is 17.3 Å². The lowest BCUT2D eigenvalue weighted by atomic mass is 10.2. The van der Waals surface area contributed by atoms with Gasteiger partial charge in [-0.1, -0.05) is 6.07 Å². The van der Waals surface area contributed by atoms with E-state index in [1.807, 2.05) is 0 Å². The molecule has 7 nitrogen and oxygen atoms in total. The summed E-state index contributed by atoms with van der Waals surface area (Å²) in [6, 6.07) is 13.4. The van der Waals surface area contributed by atoms with Gasteiger partial charge in [-0.05, 0) is 54.4 Å². The molecule has 1 aromatic carbocycles. The third-order valence-electron chi connectivity index (χ3n) is 4.70. The molecular weight excluding hydrogens is 378 g/mol. The molecule has 1 aliphatic heterocycles. The van der Waals surface area contributed by atoms with Crippen LogP contribution in [-0.4, -0.2) is 25.9 Å². The molecule has 0 saturated carbocycles.